The second-order valence-electron chi connectivity index (χ2n) is 9.04. The van der Waals surface area contributed by atoms with Crippen LogP contribution in [-0.4, -0.2) is 49.1 Å². The Morgan fingerprint density at radius 1 is 1.06 bits per heavy atom. The molecule has 0 radical (unpaired) electrons. The van der Waals surface area contributed by atoms with Gasteiger partial charge >= 0.3 is 0 Å². The predicted octanol–water partition coefficient (Wildman–Crippen LogP) is 4.37. The minimum Gasteiger partial charge on any atom is -0.507 e. The van der Waals surface area contributed by atoms with Crippen molar-refractivity contribution in [1.29, 1.82) is 0 Å². The minimum absolute atomic E-state index is 0.0307. The van der Waals surface area contributed by atoms with E-state index < -0.39 is 17.7 Å². The average molecular weight is 438 g/mol. The van der Waals surface area contributed by atoms with Crippen molar-refractivity contribution in [2.24, 2.45) is 0 Å². The van der Waals surface area contributed by atoms with Gasteiger partial charge < -0.3 is 19.5 Å². The lowest BCUT2D eigenvalue weighted by Crippen LogP contribution is -2.32. The zero-order valence-corrected chi connectivity index (χ0v) is 19.6. The molecule has 1 aliphatic rings. The Balaban J connectivity index is 2.15. The van der Waals surface area contributed by atoms with Crippen LogP contribution in [0.3, 0.4) is 0 Å². The monoisotopic (exact) mass is 437 g/mol. The molecule has 32 heavy (non-hydrogen) atoms. The molecule has 3 rings (SSSR count). The molecular weight excluding hydrogens is 406 g/mol. The number of hydrogen-bond acceptors (Lipinski definition) is 5. The maximum absolute atomic E-state index is 13.0. The number of likely N-dealkylation sites (tertiary alicyclic amines) is 1. The lowest BCUT2D eigenvalue weighted by Gasteiger charge is -2.26. The standard InChI is InChI=1S/C26H31NO5/c1-16-15-18(9-12-20(16)32-6)23(28)21-22(27(13-14-31-5)25(30)24(21)29)17-7-10-19(11-8-17)26(2,3)4/h7-12,15,22,28H,13-14H2,1-6H3/b23-21+. The van der Waals surface area contributed by atoms with E-state index in [9.17, 15) is 14.7 Å². The van der Waals surface area contributed by atoms with Gasteiger partial charge in [-0.05, 0) is 47.2 Å². The van der Waals surface area contributed by atoms with Crippen molar-refractivity contribution in [3.8, 4) is 5.75 Å². The summed E-state index contributed by atoms with van der Waals surface area (Å²) in [5.74, 6) is -0.856. The van der Waals surface area contributed by atoms with Crippen molar-refractivity contribution in [2.45, 2.75) is 39.2 Å². The number of benzene rings is 2. The summed E-state index contributed by atoms with van der Waals surface area (Å²) in [4.78, 5) is 27.4. The van der Waals surface area contributed by atoms with E-state index >= 15 is 0 Å². The van der Waals surface area contributed by atoms with Gasteiger partial charge in [-0.1, -0.05) is 45.0 Å². The highest BCUT2D eigenvalue weighted by Crippen LogP contribution is 2.40. The molecule has 0 aliphatic carbocycles. The van der Waals surface area contributed by atoms with Gasteiger partial charge in [0.1, 0.15) is 11.5 Å². The zero-order valence-electron chi connectivity index (χ0n) is 19.6. The summed E-state index contributed by atoms with van der Waals surface area (Å²) in [6, 6.07) is 12.3. The van der Waals surface area contributed by atoms with Crippen molar-refractivity contribution in [3.63, 3.8) is 0 Å². The van der Waals surface area contributed by atoms with Gasteiger partial charge in [0.05, 0.1) is 25.3 Å². The highest BCUT2D eigenvalue weighted by molar-refractivity contribution is 6.46. The molecule has 1 fully saturated rings. The summed E-state index contributed by atoms with van der Waals surface area (Å²) in [7, 11) is 3.12. The highest BCUT2D eigenvalue weighted by atomic mass is 16.5. The van der Waals surface area contributed by atoms with Crippen LogP contribution in [0.15, 0.2) is 48.0 Å². The van der Waals surface area contributed by atoms with E-state index in [-0.39, 0.29) is 29.9 Å². The van der Waals surface area contributed by atoms with Crippen LogP contribution in [0.5, 0.6) is 5.75 Å². The highest BCUT2D eigenvalue weighted by Gasteiger charge is 2.45. The lowest BCUT2D eigenvalue weighted by atomic mass is 9.85. The van der Waals surface area contributed by atoms with Crippen LogP contribution in [0.1, 0.15) is 49.1 Å². The van der Waals surface area contributed by atoms with E-state index in [1.165, 1.54) is 4.90 Å². The number of amides is 1. The Morgan fingerprint density at radius 3 is 2.25 bits per heavy atom. The van der Waals surface area contributed by atoms with Crippen molar-refractivity contribution in [1.82, 2.24) is 4.90 Å². The van der Waals surface area contributed by atoms with Crippen molar-refractivity contribution in [3.05, 3.63) is 70.3 Å². The molecule has 2 aromatic rings. The van der Waals surface area contributed by atoms with Gasteiger partial charge in [0.25, 0.3) is 11.7 Å². The molecule has 0 aromatic heterocycles. The van der Waals surface area contributed by atoms with Crippen LogP contribution in [0, 0.1) is 6.92 Å². The number of carbonyl (C=O) groups is 2. The molecule has 2 aromatic carbocycles. The molecule has 0 bridgehead atoms. The number of aliphatic hydroxyl groups is 1. The second kappa shape index (κ2) is 9.17. The first-order chi connectivity index (χ1) is 15.1. The SMILES string of the molecule is COCCN1C(=O)C(=O)/C(=C(/O)c2ccc(OC)c(C)c2)C1c1ccc(C(C)(C)C)cc1. The molecule has 6 heteroatoms. The van der Waals surface area contributed by atoms with Crippen LogP contribution < -0.4 is 4.74 Å². The van der Waals surface area contributed by atoms with Crippen molar-refractivity contribution < 1.29 is 24.2 Å². The fraction of sp³-hybridized carbons (Fsp3) is 0.385. The Labute approximate surface area is 189 Å². The second-order valence-corrected chi connectivity index (χ2v) is 9.04. The number of rotatable bonds is 6. The van der Waals surface area contributed by atoms with Crippen LogP contribution in [0.25, 0.3) is 5.76 Å². The summed E-state index contributed by atoms with van der Waals surface area (Å²) >= 11 is 0. The third-order valence-corrected chi connectivity index (χ3v) is 5.84. The van der Waals surface area contributed by atoms with Gasteiger partial charge in [0.2, 0.25) is 0 Å². The third-order valence-electron chi connectivity index (χ3n) is 5.84. The number of carbonyl (C=O) groups excluding carboxylic acids is 2. The molecule has 1 aliphatic heterocycles. The Morgan fingerprint density at radius 2 is 1.72 bits per heavy atom. The fourth-order valence-electron chi connectivity index (χ4n) is 3.99. The number of aryl methyl sites for hydroxylation is 1. The maximum Gasteiger partial charge on any atom is 0.295 e. The van der Waals surface area contributed by atoms with Gasteiger partial charge in [-0.15, -0.1) is 0 Å². The van der Waals surface area contributed by atoms with Crippen molar-refractivity contribution in [2.75, 3.05) is 27.4 Å². The van der Waals surface area contributed by atoms with Crippen LogP contribution in [-0.2, 0) is 19.7 Å². The number of methoxy groups -OCH3 is 2. The number of ether oxygens (including phenoxy) is 2. The van der Waals surface area contributed by atoms with Gasteiger partial charge in [-0.3, -0.25) is 9.59 Å². The van der Waals surface area contributed by atoms with E-state index in [0.717, 1.165) is 16.7 Å². The topological polar surface area (TPSA) is 76.1 Å². The van der Waals surface area contributed by atoms with Crippen molar-refractivity contribution >= 4 is 17.4 Å². The Bertz CT molecular complexity index is 1050. The first-order valence-electron chi connectivity index (χ1n) is 10.6. The maximum atomic E-state index is 13.0. The van der Waals surface area contributed by atoms with Gasteiger partial charge in [0, 0.05) is 19.2 Å². The third kappa shape index (κ3) is 4.41. The number of aliphatic hydroxyl groups excluding tert-OH is 1. The molecule has 170 valence electrons. The van der Waals surface area contributed by atoms with Gasteiger partial charge in [0.15, 0.2) is 0 Å². The molecular formula is C26H31NO5. The van der Waals surface area contributed by atoms with E-state index in [1.54, 1.807) is 32.4 Å². The van der Waals surface area contributed by atoms with Crippen LogP contribution in [0.4, 0.5) is 0 Å². The summed E-state index contributed by atoms with van der Waals surface area (Å²) in [5.41, 5.74) is 3.23. The normalized spacial score (nSPS) is 18.3. The van der Waals surface area contributed by atoms with Gasteiger partial charge in [-0.2, -0.15) is 0 Å². The molecule has 1 atom stereocenters. The quantitative estimate of drug-likeness (QED) is 0.413. The van der Waals surface area contributed by atoms with E-state index in [4.69, 9.17) is 9.47 Å². The first kappa shape index (κ1) is 23.5. The molecule has 6 nitrogen and oxygen atoms in total. The first-order valence-corrected chi connectivity index (χ1v) is 10.6. The minimum atomic E-state index is -0.697. The number of ketones is 1. The summed E-state index contributed by atoms with van der Waals surface area (Å²) in [6.45, 7) is 8.75. The molecule has 1 unspecified atom stereocenters. The molecule has 1 N–H and O–H groups in total. The lowest BCUT2D eigenvalue weighted by molar-refractivity contribution is -0.140. The molecule has 1 heterocycles. The van der Waals surface area contributed by atoms with Crippen LogP contribution >= 0.6 is 0 Å². The number of Topliss-reactive ketones (excluding diaryl/α,β-unsaturated/α-hetero) is 1. The predicted molar refractivity (Wildman–Crippen MR) is 124 cm³/mol. The van der Waals surface area contributed by atoms with Gasteiger partial charge in [-0.25, -0.2) is 0 Å². The smallest absolute Gasteiger partial charge is 0.295 e. The zero-order chi connectivity index (χ0) is 23.6. The Hall–Kier alpha value is -3.12. The summed E-state index contributed by atoms with van der Waals surface area (Å²) in [5, 5.41) is 11.2. The van der Waals surface area contributed by atoms with E-state index in [0.29, 0.717) is 11.3 Å². The largest absolute Gasteiger partial charge is 0.507 e. The molecule has 0 saturated carbocycles. The number of hydrogen-bond donors (Lipinski definition) is 1. The van der Waals surface area contributed by atoms with E-state index in [2.05, 4.69) is 20.8 Å². The summed E-state index contributed by atoms with van der Waals surface area (Å²) < 4.78 is 10.5. The fourth-order valence-corrected chi connectivity index (χ4v) is 3.99. The summed E-state index contributed by atoms with van der Waals surface area (Å²) in [6.07, 6.45) is 0. The average Bonchev–Trinajstić information content (AvgIpc) is 3.01. The molecule has 1 saturated heterocycles. The molecule has 1 amide bonds. The number of nitrogens with zero attached hydrogens (tertiary/aromatic N) is 1. The Kier molecular flexibility index (Phi) is 6.74. The van der Waals surface area contributed by atoms with E-state index in [1.807, 2.05) is 31.2 Å². The molecule has 0 spiro atoms. The van der Waals surface area contributed by atoms with Crippen LogP contribution in [0.2, 0.25) is 0 Å².